The molecule has 2 N–H and O–H groups in total. The minimum Gasteiger partial charge on any atom is -0.455 e. The highest BCUT2D eigenvalue weighted by Crippen LogP contribution is 2.28. The number of rotatable bonds is 8. The quantitative estimate of drug-likeness (QED) is 0.203. The van der Waals surface area contributed by atoms with Gasteiger partial charge in [0.2, 0.25) is 17.8 Å². The number of non-ortho nitro benzene ring substituents is 1. The van der Waals surface area contributed by atoms with Crippen molar-refractivity contribution in [1.82, 2.24) is 15.0 Å². The number of morpholine rings is 1. The Bertz CT molecular complexity index is 1420. The van der Waals surface area contributed by atoms with E-state index < -0.39 is 4.92 Å². The minimum absolute atomic E-state index is 0.0358. The van der Waals surface area contributed by atoms with Gasteiger partial charge in [-0.25, -0.2) is 5.43 Å². The van der Waals surface area contributed by atoms with Gasteiger partial charge in [0.25, 0.3) is 5.69 Å². The van der Waals surface area contributed by atoms with Gasteiger partial charge in [0.05, 0.1) is 24.4 Å². The number of furan rings is 1. The highest BCUT2D eigenvalue weighted by Gasteiger charge is 2.17. The number of hydrazone groups is 1. The Kier molecular flexibility index (Phi) is 6.99. The van der Waals surface area contributed by atoms with Gasteiger partial charge in [-0.15, -0.1) is 0 Å². The van der Waals surface area contributed by atoms with Gasteiger partial charge in [-0.1, -0.05) is 18.2 Å². The molecule has 2 aromatic carbocycles. The molecule has 1 fully saturated rings. The van der Waals surface area contributed by atoms with Gasteiger partial charge in [0.15, 0.2) is 0 Å². The molecule has 0 spiro atoms. The van der Waals surface area contributed by atoms with E-state index in [-0.39, 0.29) is 11.6 Å². The van der Waals surface area contributed by atoms with Gasteiger partial charge in [-0.2, -0.15) is 20.1 Å². The first-order chi connectivity index (χ1) is 18.0. The third kappa shape index (κ3) is 5.87. The van der Waals surface area contributed by atoms with E-state index in [2.05, 4.69) is 30.8 Å². The highest BCUT2D eigenvalue weighted by atomic mass is 16.6. The number of ether oxygens (including phenoxy) is 1. The number of hydrogen-bond acceptors (Lipinski definition) is 11. The first-order valence-electron chi connectivity index (χ1n) is 11.6. The van der Waals surface area contributed by atoms with Crippen molar-refractivity contribution >= 4 is 35.4 Å². The molecule has 0 atom stereocenters. The maximum absolute atomic E-state index is 11.0. The molecule has 12 nitrogen and oxygen atoms in total. The Balaban J connectivity index is 1.33. The monoisotopic (exact) mass is 500 g/mol. The van der Waals surface area contributed by atoms with Crippen molar-refractivity contribution in [2.45, 2.75) is 6.92 Å². The number of nitrogens with zero attached hydrogens (tertiary/aromatic N) is 6. The summed E-state index contributed by atoms with van der Waals surface area (Å²) in [6.45, 7) is 4.35. The van der Waals surface area contributed by atoms with Crippen molar-refractivity contribution in [3.63, 3.8) is 0 Å². The molecule has 1 aliphatic heterocycles. The third-order valence-electron chi connectivity index (χ3n) is 5.62. The largest absolute Gasteiger partial charge is 0.455 e. The van der Waals surface area contributed by atoms with E-state index in [1.807, 2.05) is 35.2 Å². The van der Waals surface area contributed by atoms with E-state index >= 15 is 0 Å². The number of nitrogens with one attached hydrogen (secondary N) is 2. The normalized spacial score (nSPS) is 13.6. The summed E-state index contributed by atoms with van der Waals surface area (Å²) in [5, 5.41) is 18.4. The zero-order valence-electron chi connectivity index (χ0n) is 20.0. The van der Waals surface area contributed by atoms with Gasteiger partial charge >= 0.3 is 0 Å². The van der Waals surface area contributed by atoms with Crippen LogP contribution in [0.15, 0.2) is 70.2 Å². The smallest absolute Gasteiger partial charge is 0.269 e. The van der Waals surface area contributed by atoms with Crippen LogP contribution in [0.1, 0.15) is 11.3 Å². The number of anilines is 4. The van der Waals surface area contributed by atoms with Gasteiger partial charge in [-0.05, 0) is 42.8 Å². The first kappa shape index (κ1) is 23.9. The molecule has 4 aromatic rings. The van der Waals surface area contributed by atoms with E-state index in [1.54, 1.807) is 25.1 Å². The molecular weight excluding hydrogens is 476 g/mol. The number of hydrogen-bond donors (Lipinski definition) is 2. The lowest BCUT2D eigenvalue weighted by Gasteiger charge is -2.27. The Labute approximate surface area is 212 Å². The van der Waals surface area contributed by atoms with Crippen molar-refractivity contribution < 1.29 is 14.1 Å². The van der Waals surface area contributed by atoms with Gasteiger partial charge in [0.1, 0.15) is 11.5 Å². The molecule has 2 aromatic heterocycles. The van der Waals surface area contributed by atoms with E-state index in [9.17, 15) is 10.1 Å². The van der Waals surface area contributed by atoms with Crippen LogP contribution in [0.25, 0.3) is 11.3 Å². The zero-order chi connectivity index (χ0) is 25.6. The summed E-state index contributed by atoms with van der Waals surface area (Å²) in [4.78, 5) is 26.1. The molecule has 0 aliphatic carbocycles. The van der Waals surface area contributed by atoms with Crippen LogP contribution in [-0.2, 0) is 4.74 Å². The fourth-order valence-electron chi connectivity index (χ4n) is 3.78. The first-order valence-corrected chi connectivity index (χ1v) is 11.6. The summed E-state index contributed by atoms with van der Waals surface area (Å²) in [5.74, 6) is 2.24. The summed E-state index contributed by atoms with van der Waals surface area (Å²) in [6, 6.07) is 17.8. The lowest BCUT2D eigenvalue weighted by atomic mass is 10.1. The Morgan fingerprint density at radius 1 is 1.03 bits per heavy atom. The van der Waals surface area contributed by atoms with Gasteiger partial charge < -0.3 is 19.4 Å². The zero-order valence-corrected chi connectivity index (χ0v) is 20.0. The van der Waals surface area contributed by atoms with E-state index in [1.165, 1.54) is 18.3 Å². The average Bonchev–Trinajstić information content (AvgIpc) is 3.38. The van der Waals surface area contributed by atoms with Crippen LogP contribution in [0.4, 0.5) is 29.2 Å². The second kappa shape index (κ2) is 10.8. The number of aromatic nitrogens is 3. The summed E-state index contributed by atoms with van der Waals surface area (Å²) < 4.78 is 11.3. The average molecular weight is 501 g/mol. The Hall–Kier alpha value is -4.84. The van der Waals surface area contributed by atoms with Crippen LogP contribution in [-0.4, -0.2) is 52.4 Å². The third-order valence-corrected chi connectivity index (χ3v) is 5.62. The van der Waals surface area contributed by atoms with Crippen molar-refractivity contribution in [2.75, 3.05) is 41.9 Å². The molecule has 0 saturated carbocycles. The standard InChI is InChI=1S/C25H24N8O4/c1-17-15-19(33(34)35)7-9-21(17)22-10-8-20(37-22)16-26-31-24-28-23(27-18-5-3-2-4-6-18)29-25(30-24)32-11-13-36-14-12-32/h2-10,15-16H,11-14H2,1H3,(H2,27,28,29,30,31)/b26-16-. The second-order valence-electron chi connectivity index (χ2n) is 8.20. The van der Waals surface area contributed by atoms with E-state index in [0.717, 1.165) is 16.8 Å². The Morgan fingerprint density at radius 3 is 2.57 bits per heavy atom. The SMILES string of the molecule is Cc1cc([N+](=O)[O-])ccc1-c1ccc(/C=N\Nc2nc(Nc3ccccc3)nc(N3CCOCC3)n2)o1. The van der Waals surface area contributed by atoms with E-state index in [0.29, 0.717) is 49.7 Å². The molecule has 1 aliphatic rings. The lowest BCUT2D eigenvalue weighted by molar-refractivity contribution is -0.384. The van der Waals surface area contributed by atoms with E-state index in [4.69, 9.17) is 9.15 Å². The number of para-hydroxylation sites is 1. The predicted molar refractivity (Wildman–Crippen MR) is 139 cm³/mol. The minimum atomic E-state index is -0.422. The van der Waals surface area contributed by atoms with Crippen LogP contribution in [0, 0.1) is 17.0 Å². The highest BCUT2D eigenvalue weighted by molar-refractivity contribution is 5.78. The molecule has 5 rings (SSSR count). The van der Waals surface area contributed by atoms with Crippen molar-refractivity contribution in [1.29, 1.82) is 0 Å². The topological polar surface area (TPSA) is 144 Å². The van der Waals surface area contributed by atoms with Crippen LogP contribution < -0.4 is 15.6 Å². The summed E-state index contributed by atoms with van der Waals surface area (Å²) in [5.41, 5.74) is 5.24. The van der Waals surface area contributed by atoms with Gasteiger partial charge in [0, 0.05) is 36.5 Å². The number of nitro benzene ring substituents is 1. The van der Waals surface area contributed by atoms with Gasteiger partial charge in [-0.3, -0.25) is 10.1 Å². The van der Waals surface area contributed by atoms with Crippen LogP contribution in [0.2, 0.25) is 0 Å². The summed E-state index contributed by atoms with van der Waals surface area (Å²) >= 11 is 0. The van der Waals surface area contributed by atoms with Crippen molar-refractivity contribution in [3.05, 3.63) is 82.1 Å². The predicted octanol–water partition coefficient (Wildman–Crippen LogP) is 4.37. The lowest BCUT2D eigenvalue weighted by Crippen LogP contribution is -2.37. The van der Waals surface area contributed by atoms with Crippen molar-refractivity contribution in [2.24, 2.45) is 5.10 Å². The van der Waals surface area contributed by atoms with Crippen LogP contribution in [0.3, 0.4) is 0 Å². The summed E-state index contributed by atoms with van der Waals surface area (Å²) in [7, 11) is 0. The number of benzene rings is 2. The fourth-order valence-corrected chi connectivity index (χ4v) is 3.78. The molecule has 0 unspecified atom stereocenters. The number of aryl methyl sites for hydroxylation is 1. The fraction of sp³-hybridized carbons (Fsp3) is 0.200. The molecule has 0 amide bonds. The van der Waals surface area contributed by atoms with Crippen LogP contribution >= 0.6 is 0 Å². The molecule has 3 heterocycles. The Morgan fingerprint density at radius 2 is 1.81 bits per heavy atom. The molecule has 0 bridgehead atoms. The molecular formula is C25H24N8O4. The molecule has 12 heteroatoms. The maximum atomic E-state index is 11.0. The number of nitro groups is 1. The molecule has 37 heavy (non-hydrogen) atoms. The summed E-state index contributed by atoms with van der Waals surface area (Å²) in [6.07, 6.45) is 1.51. The van der Waals surface area contributed by atoms with Crippen LogP contribution in [0.5, 0.6) is 0 Å². The maximum Gasteiger partial charge on any atom is 0.269 e. The molecule has 1 saturated heterocycles. The molecule has 0 radical (unpaired) electrons. The second-order valence-corrected chi connectivity index (χ2v) is 8.20. The van der Waals surface area contributed by atoms with Crippen molar-refractivity contribution in [3.8, 4) is 11.3 Å². The molecule has 188 valence electrons.